The van der Waals surface area contributed by atoms with Gasteiger partial charge in [-0.25, -0.2) is 0 Å². The molecule has 0 saturated heterocycles. The van der Waals surface area contributed by atoms with E-state index in [0.717, 1.165) is 6.07 Å². The first-order valence-corrected chi connectivity index (χ1v) is 7.21. The maximum atomic E-state index is 10.8. The second-order valence-corrected chi connectivity index (χ2v) is 5.30. The number of nitrogen functional groups attached to an aromatic ring is 2. The molecule has 2 aromatic carbocycles. The summed E-state index contributed by atoms with van der Waals surface area (Å²) in [6.45, 7) is 0. The summed E-state index contributed by atoms with van der Waals surface area (Å²) in [5, 5.41) is 20.9. The third-order valence-electron chi connectivity index (χ3n) is 3.13. The smallest absolute Gasteiger partial charge is 0.294 e. The van der Waals surface area contributed by atoms with Gasteiger partial charge in [0.15, 0.2) is 0 Å². The number of hydrogen-bond acceptors (Lipinski definition) is 8. The normalized spacial score (nSPS) is 9.67. The average Bonchev–Trinajstić information content (AvgIpc) is 2.56. The van der Waals surface area contributed by atoms with Crippen LogP contribution in [-0.4, -0.2) is 21.7 Å². The minimum atomic E-state index is -0.854. The van der Waals surface area contributed by atoms with E-state index < -0.39 is 27.3 Å². The van der Waals surface area contributed by atoms with E-state index in [9.17, 15) is 29.8 Å². The van der Waals surface area contributed by atoms with Crippen molar-refractivity contribution in [3.63, 3.8) is 0 Å². The molecule has 2 aromatic rings. The summed E-state index contributed by atoms with van der Waals surface area (Å²) in [5.74, 6) is -1.63. The second kappa shape index (κ2) is 8.44. The number of carbonyl (C=O) groups is 2. The largest absolute Gasteiger partial charge is 0.393 e. The molecule has 0 fully saturated rings. The zero-order chi connectivity index (χ0) is 20.9. The number of carbonyl (C=O) groups excluding carboxylic acids is 2. The van der Waals surface area contributed by atoms with Gasteiger partial charge >= 0.3 is 0 Å². The minimum Gasteiger partial charge on any atom is -0.393 e. The summed E-state index contributed by atoms with van der Waals surface area (Å²) < 4.78 is 0. The lowest BCUT2D eigenvalue weighted by Gasteiger charge is -2.02. The summed E-state index contributed by atoms with van der Waals surface area (Å²) in [7, 11) is 0. The second-order valence-electron chi connectivity index (χ2n) is 4.87. The number of amides is 2. The SMILES string of the molecule is NC(=O)c1cc(Cl)cc([N+](=O)[O-])c1N.NC(=O)c1cccc([N+](=O)[O-])c1N. The number of nitrogens with two attached hydrogens (primary N) is 4. The Bertz CT molecular complexity index is 880. The Morgan fingerprint density at radius 2 is 1.33 bits per heavy atom. The van der Waals surface area contributed by atoms with Crippen LogP contribution in [0.2, 0.25) is 5.02 Å². The van der Waals surface area contributed by atoms with Crippen LogP contribution < -0.4 is 22.9 Å². The molecule has 13 heteroatoms. The van der Waals surface area contributed by atoms with E-state index in [4.69, 9.17) is 34.5 Å². The lowest BCUT2D eigenvalue weighted by Crippen LogP contribution is -2.14. The maximum Gasteiger partial charge on any atom is 0.294 e. The van der Waals surface area contributed by atoms with Crippen molar-refractivity contribution in [2.45, 2.75) is 0 Å². The molecule has 12 nitrogen and oxygen atoms in total. The van der Waals surface area contributed by atoms with Gasteiger partial charge in [0.2, 0.25) is 0 Å². The molecule has 0 unspecified atom stereocenters. The zero-order valence-corrected chi connectivity index (χ0v) is 14.2. The lowest BCUT2D eigenvalue weighted by molar-refractivity contribution is -0.384. The number of nitro benzene ring substituents is 2. The Hall–Kier alpha value is -3.93. The highest BCUT2D eigenvalue weighted by atomic mass is 35.5. The van der Waals surface area contributed by atoms with Gasteiger partial charge in [0, 0.05) is 17.2 Å². The molecule has 2 rings (SSSR count). The highest BCUT2D eigenvalue weighted by Gasteiger charge is 2.19. The van der Waals surface area contributed by atoms with Crippen molar-refractivity contribution >= 4 is 46.2 Å². The fraction of sp³-hybridized carbons (Fsp3) is 0. The van der Waals surface area contributed by atoms with Crippen LogP contribution in [0.25, 0.3) is 0 Å². The standard InChI is InChI=1S/C7H6ClN3O3.C7H7N3O3/c8-3-1-4(7(10)12)6(9)5(2-3)11(13)14;8-6-4(7(9)11)2-1-3-5(6)10(12)13/h1-2H,9H2,(H2,10,12);1-3H,8H2,(H2,9,11). The Kier molecular flexibility index (Phi) is 6.60. The van der Waals surface area contributed by atoms with Gasteiger partial charge in [0.05, 0.1) is 21.0 Å². The molecule has 0 radical (unpaired) electrons. The van der Waals surface area contributed by atoms with Gasteiger partial charge in [0.1, 0.15) is 11.4 Å². The third-order valence-corrected chi connectivity index (χ3v) is 3.35. The van der Waals surface area contributed by atoms with Crippen molar-refractivity contribution in [2.24, 2.45) is 11.5 Å². The van der Waals surface area contributed by atoms with Crippen LogP contribution in [0, 0.1) is 20.2 Å². The number of anilines is 2. The summed E-state index contributed by atoms with van der Waals surface area (Å²) in [6, 6.07) is 6.15. The average molecular weight is 397 g/mol. The number of primary amides is 2. The molecule has 0 aliphatic carbocycles. The van der Waals surface area contributed by atoms with E-state index in [1.165, 1.54) is 24.3 Å². The number of halogens is 1. The maximum absolute atomic E-state index is 10.8. The molecule has 142 valence electrons. The van der Waals surface area contributed by atoms with Crippen LogP contribution in [0.3, 0.4) is 0 Å². The predicted octanol–water partition coefficient (Wildman–Crippen LogP) is 1.21. The Balaban J connectivity index is 0.000000271. The topological polar surface area (TPSA) is 224 Å². The number of benzene rings is 2. The number of hydrogen-bond donors (Lipinski definition) is 4. The van der Waals surface area contributed by atoms with Crippen molar-refractivity contribution in [1.82, 2.24) is 0 Å². The molecule has 2 amide bonds. The molecule has 0 aromatic heterocycles. The Morgan fingerprint density at radius 3 is 1.78 bits per heavy atom. The van der Waals surface area contributed by atoms with Gasteiger partial charge in [-0.1, -0.05) is 17.7 Å². The quantitative estimate of drug-likeness (QED) is 0.332. The van der Waals surface area contributed by atoms with Crippen molar-refractivity contribution in [3.05, 3.63) is 66.7 Å². The van der Waals surface area contributed by atoms with Crippen LogP contribution in [0.4, 0.5) is 22.7 Å². The van der Waals surface area contributed by atoms with Crippen molar-refractivity contribution in [3.8, 4) is 0 Å². The highest BCUT2D eigenvalue weighted by molar-refractivity contribution is 6.31. The van der Waals surface area contributed by atoms with Crippen LogP contribution >= 0.6 is 11.6 Å². The summed E-state index contributed by atoms with van der Waals surface area (Å²) in [4.78, 5) is 41.0. The van der Waals surface area contributed by atoms with Gasteiger partial charge in [-0.3, -0.25) is 29.8 Å². The van der Waals surface area contributed by atoms with E-state index in [1.54, 1.807) is 0 Å². The third kappa shape index (κ3) is 5.02. The van der Waals surface area contributed by atoms with Crippen LogP contribution in [-0.2, 0) is 0 Å². The fourth-order valence-corrected chi connectivity index (χ4v) is 2.10. The van der Waals surface area contributed by atoms with Crippen molar-refractivity contribution in [2.75, 3.05) is 11.5 Å². The highest BCUT2D eigenvalue weighted by Crippen LogP contribution is 2.29. The summed E-state index contributed by atoms with van der Waals surface area (Å²) >= 11 is 5.54. The molecule has 8 N–H and O–H groups in total. The van der Waals surface area contributed by atoms with E-state index in [2.05, 4.69) is 0 Å². The molecular weight excluding hydrogens is 384 g/mol. The monoisotopic (exact) mass is 396 g/mol. The molecule has 0 spiro atoms. The molecule has 0 aliphatic rings. The van der Waals surface area contributed by atoms with Crippen LogP contribution in [0.1, 0.15) is 20.7 Å². The summed E-state index contributed by atoms with van der Waals surface area (Å²) in [6.07, 6.45) is 0. The van der Waals surface area contributed by atoms with Crippen LogP contribution in [0.15, 0.2) is 30.3 Å². The van der Waals surface area contributed by atoms with Gasteiger partial charge in [0.25, 0.3) is 23.2 Å². The first-order chi connectivity index (χ1) is 12.5. The lowest BCUT2D eigenvalue weighted by atomic mass is 10.1. The number of rotatable bonds is 4. The van der Waals surface area contributed by atoms with Gasteiger partial charge in [-0.2, -0.15) is 0 Å². The molecular formula is C14H13ClN6O6. The molecule has 0 bridgehead atoms. The minimum absolute atomic E-state index is 0.0331. The first kappa shape index (κ1) is 21.1. The molecule has 0 atom stereocenters. The summed E-state index contributed by atoms with van der Waals surface area (Å²) in [5.41, 5.74) is 19.2. The van der Waals surface area contributed by atoms with Crippen molar-refractivity contribution < 1.29 is 19.4 Å². The van der Waals surface area contributed by atoms with E-state index in [0.29, 0.717) is 0 Å². The Labute approximate surface area is 156 Å². The van der Waals surface area contributed by atoms with E-state index in [1.807, 2.05) is 0 Å². The molecule has 0 saturated carbocycles. The number of nitrogens with zero attached hydrogens (tertiary/aromatic N) is 2. The molecule has 27 heavy (non-hydrogen) atoms. The number of nitro groups is 2. The van der Waals surface area contributed by atoms with Crippen LogP contribution in [0.5, 0.6) is 0 Å². The fourth-order valence-electron chi connectivity index (χ4n) is 1.89. The first-order valence-electron chi connectivity index (χ1n) is 6.83. The molecule has 0 heterocycles. The molecule has 0 aliphatic heterocycles. The van der Waals surface area contributed by atoms with E-state index >= 15 is 0 Å². The van der Waals surface area contributed by atoms with Gasteiger partial charge in [-0.05, 0) is 12.1 Å². The van der Waals surface area contributed by atoms with Gasteiger partial charge < -0.3 is 22.9 Å². The zero-order valence-electron chi connectivity index (χ0n) is 13.4. The Morgan fingerprint density at radius 1 is 0.852 bits per heavy atom. The predicted molar refractivity (Wildman–Crippen MR) is 97.1 cm³/mol. The van der Waals surface area contributed by atoms with E-state index in [-0.39, 0.29) is 33.2 Å². The van der Waals surface area contributed by atoms with Crippen molar-refractivity contribution in [1.29, 1.82) is 0 Å². The van der Waals surface area contributed by atoms with Gasteiger partial charge in [-0.15, -0.1) is 0 Å². The number of para-hydroxylation sites is 1.